The largest absolute Gasteiger partial charge is 0.317 e. The maximum Gasteiger partial charge on any atom is 0.00385 e. The number of nitrogens with one attached hydrogen (secondary N) is 1. The van der Waals surface area contributed by atoms with Crippen LogP contribution in [-0.4, -0.2) is 13.1 Å². The fourth-order valence-corrected chi connectivity index (χ4v) is 4.95. The van der Waals surface area contributed by atoms with Gasteiger partial charge in [-0.2, -0.15) is 0 Å². The van der Waals surface area contributed by atoms with Crippen LogP contribution in [0.4, 0.5) is 0 Å². The lowest BCUT2D eigenvalue weighted by Crippen LogP contribution is -2.46. The Morgan fingerprint density at radius 3 is 2.00 bits per heavy atom. The molecule has 4 bridgehead atoms. The number of rotatable bonds is 3. The highest BCUT2D eigenvalue weighted by Crippen LogP contribution is 2.57. The maximum absolute atomic E-state index is 3.42. The predicted octanol–water partition coefficient (Wildman–Crippen LogP) is 3.06. The van der Waals surface area contributed by atoms with Crippen molar-refractivity contribution in [3.05, 3.63) is 0 Å². The Kier molecular flexibility index (Phi) is 2.54. The standard InChI is InChI=1S/C14H25N/c1-9(15-2)3-14-12-5-10-4-11(7-12)8-13(14)6-10/h9-15H,3-8H2,1-2H3. The molecular formula is C14H25N. The van der Waals surface area contributed by atoms with E-state index in [-0.39, 0.29) is 0 Å². The van der Waals surface area contributed by atoms with Crippen molar-refractivity contribution in [1.29, 1.82) is 0 Å². The lowest BCUT2D eigenvalue weighted by atomic mass is 9.51. The van der Waals surface area contributed by atoms with Crippen molar-refractivity contribution in [2.75, 3.05) is 7.05 Å². The minimum absolute atomic E-state index is 0.729. The fourth-order valence-electron chi connectivity index (χ4n) is 4.95. The van der Waals surface area contributed by atoms with E-state index in [1.165, 1.54) is 6.42 Å². The van der Waals surface area contributed by atoms with Crippen LogP contribution in [0.3, 0.4) is 0 Å². The first-order chi connectivity index (χ1) is 7.26. The molecule has 0 heterocycles. The van der Waals surface area contributed by atoms with Crippen molar-refractivity contribution in [2.45, 2.75) is 51.5 Å². The minimum Gasteiger partial charge on any atom is -0.317 e. The van der Waals surface area contributed by atoms with E-state index >= 15 is 0 Å². The van der Waals surface area contributed by atoms with Crippen LogP contribution in [0.5, 0.6) is 0 Å². The molecule has 4 aliphatic carbocycles. The Morgan fingerprint density at radius 2 is 1.53 bits per heavy atom. The highest BCUT2D eigenvalue weighted by atomic mass is 14.9. The van der Waals surface area contributed by atoms with Gasteiger partial charge >= 0.3 is 0 Å². The Labute approximate surface area is 94.0 Å². The smallest absolute Gasteiger partial charge is 0.00385 e. The van der Waals surface area contributed by atoms with E-state index < -0.39 is 0 Å². The van der Waals surface area contributed by atoms with E-state index in [0.717, 1.165) is 35.6 Å². The second kappa shape index (κ2) is 3.76. The molecule has 1 atom stereocenters. The SMILES string of the molecule is CNC(C)CC1C2CC3CC(C2)CC1C3. The van der Waals surface area contributed by atoms with Crippen molar-refractivity contribution >= 4 is 0 Å². The molecule has 4 fully saturated rings. The molecule has 1 unspecified atom stereocenters. The first-order valence-electron chi connectivity index (χ1n) is 6.93. The number of hydrogen-bond donors (Lipinski definition) is 1. The van der Waals surface area contributed by atoms with E-state index in [1.807, 2.05) is 0 Å². The van der Waals surface area contributed by atoms with Crippen LogP contribution in [0.25, 0.3) is 0 Å². The fraction of sp³-hybridized carbons (Fsp3) is 1.00. The Morgan fingerprint density at radius 1 is 1.00 bits per heavy atom. The molecule has 4 rings (SSSR count). The van der Waals surface area contributed by atoms with Gasteiger partial charge in [0.05, 0.1) is 0 Å². The van der Waals surface area contributed by atoms with E-state index in [4.69, 9.17) is 0 Å². The van der Waals surface area contributed by atoms with E-state index in [0.29, 0.717) is 0 Å². The van der Waals surface area contributed by atoms with Crippen molar-refractivity contribution in [2.24, 2.45) is 29.6 Å². The van der Waals surface area contributed by atoms with E-state index in [9.17, 15) is 0 Å². The summed E-state index contributed by atoms with van der Waals surface area (Å²) in [5.41, 5.74) is 0. The molecule has 0 aromatic rings. The molecule has 0 aliphatic heterocycles. The maximum atomic E-state index is 3.42. The molecule has 0 saturated heterocycles. The second-order valence-corrected chi connectivity index (χ2v) is 6.52. The quantitative estimate of drug-likeness (QED) is 0.750. The highest BCUT2D eigenvalue weighted by Gasteiger charge is 2.47. The van der Waals surface area contributed by atoms with Gasteiger partial charge in [0.25, 0.3) is 0 Å². The molecule has 0 aromatic carbocycles. The zero-order valence-corrected chi connectivity index (χ0v) is 10.2. The van der Waals surface area contributed by atoms with Gasteiger partial charge in [-0.1, -0.05) is 0 Å². The van der Waals surface area contributed by atoms with Crippen LogP contribution in [-0.2, 0) is 0 Å². The number of hydrogen-bond acceptors (Lipinski definition) is 1. The monoisotopic (exact) mass is 207 g/mol. The summed E-state index contributed by atoms with van der Waals surface area (Å²) in [6.45, 7) is 2.35. The van der Waals surface area contributed by atoms with Gasteiger partial charge in [-0.25, -0.2) is 0 Å². The highest BCUT2D eigenvalue weighted by molar-refractivity contribution is 4.98. The van der Waals surface area contributed by atoms with Gasteiger partial charge in [0.2, 0.25) is 0 Å². The van der Waals surface area contributed by atoms with Gasteiger partial charge in [0.1, 0.15) is 0 Å². The Balaban J connectivity index is 1.69. The summed E-state index contributed by atoms with van der Waals surface area (Å²) in [4.78, 5) is 0. The summed E-state index contributed by atoms with van der Waals surface area (Å²) >= 11 is 0. The molecule has 1 heteroatoms. The van der Waals surface area contributed by atoms with E-state index in [1.54, 1.807) is 32.1 Å². The first kappa shape index (κ1) is 10.1. The summed E-state index contributed by atoms with van der Waals surface area (Å²) in [6, 6.07) is 0.729. The molecule has 1 N–H and O–H groups in total. The van der Waals surface area contributed by atoms with Gasteiger partial charge in [-0.15, -0.1) is 0 Å². The minimum atomic E-state index is 0.729. The molecule has 4 aliphatic rings. The molecule has 0 spiro atoms. The molecule has 0 aromatic heterocycles. The molecule has 4 saturated carbocycles. The third-order valence-corrected chi connectivity index (χ3v) is 5.54. The summed E-state index contributed by atoms with van der Waals surface area (Å²) in [6.07, 6.45) is 9.33. The van der Waals surface area contributed by atoms with Crippen LogP contribution < -0.4 is 5.32 Å². The van der Waals surface area contributed by atoms with Crippen LogP contribution in [0.15, 0.2) is 0 Å². The molecule has 0 radical (unpaired) electrons. The molecular weight excluding hydrogens is 182 g/mol. The molecule has 15 heavy (non-hydrogen) atoms. The summed E-state index contributed by atoms with van der Waals surface area (Å²) in [7, 11) is 2.11. The van der Waals surface area contributed by atoms with Crippen molar-refractivity contribution < 1.29 is 0 Å². The lowest BCUT2D eigenvalue weighted by Gasteiger charge is -2.55. The average Bonchev–Trinajstić information content (AvgIpc) is 2.22. The topological polar surface area (TPSA) is 12.0 Å². The molecule has 86 valence electrons. The molecule has 1 nitrogen and oxygen atoms in total. The summed E-state index contributed by atoms with van der Waals surface area (Å²) < 4.78 is 0. The van der Waals surface area contributed by atoms with Crippen molar-refractivity contribution in [3.63, 3.8) is 0 Å². The Hall–Kier alpha value is -0.0400. The van der Waals surface area contributed by atoms with Crippen LogP contribution in [0.2, 0.25) is 0 Å². The third kappa shape index (κ3) is 1.73. The first-order valence-corrected chi connectivity index (χ1v) is 6.93. The van der Waals surface area contributed by atoms with E-state index in [2.05, 4.69) is 19.3 Å². The third-order valence-electron chi connectivity index (χ3n) is 5.54. The zero-order valence-electron chi connectivity index (χ0n) is 10.2. The summed E-state index contributed by atoms with van der Waals surface area (Å²) in [5, 5.41) is 3.42. The van der Waals surface area contributed by atoms with Crippen LogP contribution in [0, 0.1) is 29.6 Å². The van der Waals surface area contributed by atoms with Gasteiger partial charge in [-0.05, 0) is 82.1 Å². The van der Waals surface area contributed by atoms with Crippen molar-refractivity contribution in [3.8, 4) is 0 Å². The van der Waals surface area contributed by atoms with Gasteiger partial charge in [0.15, 0.2) is 0 Å². The molecule has 0 amide bonds. The van der Waals surface area contributed by atoms with Gasteiger partial charge in [-0.3, -0.25) is 0 Å². The second-order valence-electron chi connectivity index (χ2n) is 6.52. The zero-order chi connectivity index (χ0) is 10.4. The van der Waals surface area contributed by atoms with Crippen LogP contribution in [0.1, 0.15) is 45.4 Å². The summed E-state index contributed by atoms with van der Waals surface area (Å²) in [5.74, 6) is 5.55. The Bertz CT molecular complexity index is 207. The predicted molar refractivity (Wildman–Crippen MR) is 63.7 cm³/mol. The van der Waals surface area contributed by atoms with Crippen molar-refractivity contribution in [1.82, 2.24) is 5.32 Å². The average molecular weight is 207 g/mol. The van der Waals surface area contributed by atoms with Gasteiger partial charge in [0, 0.05) is 6.04 Å². The lowest BCUT2D eigenvalue weighted by molar-refractivity contribution is -0.0423. The van der Waals surface area contributed by atoms with Gasteiger partial charge < -0.3 is 5.32 Å². The normalized spacial score (nSPS) is 49.6. The van der Waals surface area contributed by atoms with Crippen LogP contribution >= 0.6 is 0 Å².